The van der Waals surface area contributed by atoms with Crippen molar-refractivity contribution < 1.29 is 9.84 Å². The first-order valence-electron chi connectivity index (χ1n) is 7.16. The Hall–Kier alpha value is -0.120. The summed E-state index contributed by atoms with van der Waals surface area (Å²) in [5, 5.41) is 13.1. The van der Waals surface area contributed by atoms with E-state index in [2.05, 4.69) is 12.2 Å². The van der Waals surface area contributed by atoms with Crippen molar-refractivity contribution in [2.24, 2.45) is 5.92 Å². The van der Waals surface area contributed by atoms with Crippen molar-refractivity contribution in [3.8, 4) is 0 Å². The Balaban J connectivity index is 2.02. The summed E-state index contributed by atoms with van der Waals surface area (Å²) in [5.41, 5.74) is 0. The summed E-state index contributed by atoms with van der Waals surface area (Å²) in [4.78, 5) is 0. The molecule has 1 fully saturated rings. The van der Waals surface area contributed by atoms with E-state index >= 15 is 0 Å². The molecule has 0 aromatic rings. The van der Waals surface area contributed by atoms with Gasteiger partial charge in [0, 0.05) is 13.2 Å². The van der Waals surface area contributed by atoms with Crippen molar-refractivity contribution in [2.45, 2.75) is 64.0 Å². The lowest BCUT2D eigenvalue weighted by molar-refractivity contribution is 0.0585. The quantitative estimate of drug-likeness (QED) is 0.687. The van der Waals surface area contributed by atoms with E-state index in [1.54, 1.807) is 7.11 Å². The maximum Gasteiger partial charge on any atom is 0.0785 e. The summed E-state index contributed by atoms with van der Waals surface area (Å²) in [6, 6.07) is 0.679. The Labute approximate surface area is 106 Å². The smallest absolute Gasteiger partial charge is 0.0785 e. The van der Waals surface area contributed by atoms with Gasteiger partial charge in [-0.25, -0.2) is 0 Å². The van der Waals surface area contributed by atoms with Crippen LogP contribution in [0.15, 0.2) is 0 Å². The minimum absolute atomic E-state index is 0.316. The predicted molar refractivity (Wildman–Crippen MR) is 71.2 cm³/mol. The Bertz CT molecular complexity index is 179. The fraction of sp³-hybridized carbons (Fsp3) is 1.00. The molecule has 1 aliphatic rings. The summed E-state index contributed by atoms with van der Waals surface area (Å²) in [7, 11) is 1.63. The van der Waals surface area contributed by atoms with Gasteiger partial charge < -0.3 is 15.2 Å². The molecular weight excluding hydrogens is 214 g/mol. The van der Waals surface area contributed by atoms with E-state index in [1.165, 1.54) is 38.5 Å². The third kappa shape index (κ3) is 6.39. The van der Waals surface area contributed by atoms with E-state index in [0.29, 0.717) is 12.6 Å². The maximum absolute atomic E-state index is 9.53. The van der Waals surface area contributed by atoms with Crippen LogP contribution in [0.1, 0.15) is 51.9 Å². The van der Waals surface area contributed by atoms with E-state index in [4.69, 9.17) is 4.74 Å². The summed E-state index contributed by atoms with van der Waals surface area (Å²) in [6.07, 6.45) is 8.59. The third-order valence-electron chi connectivity index (χ3n) is 3.81. The van der Waals surface area contributed by atoms with Gasteiger partial charge in [-0.1, -0.05) is 19.8 Å². The van der Waals surface area contributed by atoms with Crippen LogP contribution in [0.5, 0.6) is 0 Å². The van der Waals surface area contributed by atoms with Gasteiger partial charge >= 0.3 is 0 Å². The molecule has 0 aromatic heterocycles. The molecule has 0 spiro atoms. The van der Waals surface area contributed by atoms with Crippen LogP contribution in [0.25, 0.3) is 0 Å². The standard InChI is InChI=1S/C14H29NO2/c1-3-4-12-5-7-13(8-6-12)15-10-9-14(16)11-17-2/h12-16H,3-11H2,1-2H3. The monoisotopic (exact) mass is 243 g/mol. The second-order valence-corrected chi connectivity index (χ2v) is 5.36. The number of nitrogens with one attached hydrogen (secondary N) is 1. The van der Waals surface area contributed by atoms with Crippen molar-refractivity contribution in [3.63, 3.8) is 0 Å². The van der Waals surface area contributed by atoms with Gasteiger partial charge in [0.2, 0.25) is 0 Å². The van der Waals surface area contributed by atoms with Crippen molar-refractivity contribution >= 4 is 0 Å². The average Bonchev–Trinajstić information content (AvgIpc) is 2.32. The average molecular weight is 243 g/mol. The first-order chi connectivity index (χ1) is 8.26. The van der Waals surface area contributed by atoms with Crippen molar-refractivity contribution in [1.29, 1.82) is 0 Å². The highest BCUT2D eigenvalue weighted by Crippen LogP contribution is 2.27. The van der Waals surface area contributed by atoms with Crippen LogP contribution in [-0.2, 0) is 4.74 Å². The van der Waals surface area contributed by atoms with Gasteiger partial charge in [0.15, 0.2) is 0 Å². The van der Waals surface area contributed by atoms with Crippen molar-refractivity contribution in [2.75, 3.05) is 20.3 Å². The maximum atomic E-state index is 9.53. The van der Waals surface area contributed by atoms with E-state index in [1.807, 2.05) is 0 Å². The van der Waals surface area contributed by atoms with E-state index in [0.717, 1.165) is 18.9 Å². The molecule has 3 nitrogen and oxygen atoms in total. The number of methoxy groups -OCH3 is 1. The molecule has 1 rings (SSSR count). The van der Waals surface area contributed by atoms with Crippen LogP contribution in [-0.4, -0.2) is 37.5 Å². The highest BCUT2D eigenvalue weighted by atomic mass is 16.5. The predicted octanol–water partition coefficient (Wildman–Crippen LogP) is 2.33. The van der Waals surface area contributed by atoms with Crippen molar-refractivity contribution in [3.05, 3.63) is 0 Å². The summed E-state index contributed by atoms with van der Waals surface area (Å²) < 4.78 is 4.91. The molecule has 1 atom stereocenters. The fourth-order valence-electron chi connectivity index (χ4n) is 2.79. The number of aliphatic hydroxyl groups excluding tert-OH is 1. The topological polar surface area (TPSA) is 41.5 Å². The molecule has 0 amide bonds. The SMILES string of the molecule is CCCC1CCC(NCCC(O)COC)CC1. The van der Waals surface area contributed by atoms with Crippen LogP contribution in [0, 0.1) is 5.92 Å². The molecule has 3 heteroatoms. The van der Waals surface area contributed by atoms with Crippen LogP contribution in [0.2, 0.25) is 0 Å². The molecule has 102 valence electrons. The molecule has 0 bridgehead atoms. The lowest BCUT2D eigenvalue weighted by Crippen LogP contribution is -2.35. The molecule has 2 N–H and O–H groups in total. The van der Waals surface area contributed by atoms with Gasteiger partial charge in [0.25, 0.3) is 0 Å². The van der Waals surface area contributed by atoms with E-state index < -0.39 is 0 Å². The Morgan fingerprint density at radius 1 is 1.29 bits per heavy atom. The van der Waals surface area contributed by atoms with Gasteiger partial charge in [-0.3, -0.25) is 0 Å². The zero-order valence-corrected chi connectivity index (χ0v) is 11.5. The van der Waals surface area contributed by atoms with Gasteiger partial charge in [0.1, 0.15) is 0 Å². The van der Waals surface area contributed by atoms with Crippen LogP contribution < -0.4 is 5.32 Å². The van der Waals surface area contributed by atoms with Crippen LogP contribution in [0.4, 0.5) is 0 Å². The highest BCUT2D eigenvalue weighted by Gasteiger charge is 2.19. The summed E-state index contributed by atoms with van der Waals surface area (Å²) in [5.74, 6) is 0.970. The van der Waals surface area contributed by atoms with Crippen LogP contribution >= 0.6 is 0 Å². The van der Waals surface area contributed by atoms with Crippen molar-refractivity contribution in [1.82, 2.24) is 5.32 Å². The first kappa shape index (κ1) is 14.9. The van der Waals surface area contributed by atoms with Crippen LogP contribution in [0.3, 0.4) is 0 Å². The first-order valence-corrected chi connectivity index (χ1v) is 7.16. The number of ether oxygens (including phenoxy) is 1. The minimum Gasteiger partial charge on any atom is -0.391 e. The van der Waals surface area contributed by atoms with Gasteiger partial charge in [-0.05, 0) is 44.6 Å². The van der Waals surface area contributed by atoms with Gasteiger partial charge in [-0.2, -0.15) is 0 Å². The molecular formula is C14H29NO2. The fourth-order valence-corrected chi connectivity index (χ4v) is 2.79. The second kappa shape index (κ2) is 8.90. The largest absolute Gasteiger partial charge is 0.391 e. The van der Waals surface area contributed by atoms with E-state index in [-0.39, 0.29) is 6.10 Å². The van der Waals surface area contributed by atoms with Gasteiger partial charge in [0.05, 0.1) is 12.7 Å². The number of rotatable bonds is 8. The molecule has 0 saturated heterocycles. The Morgan fingerprint density at radius 2 is 2.00 bits per heavy atom. The number of aliphatic hydroxyl groups is 1. The zero-order valence-electron chi connectivity index (χ0n) is 11.5. The normalized spacial score (nSPS) is 27.0. The number of hydrogen-bond donors (Lipinski definition) is 2. The minimum atomic E-state index is -0.316. The summed E-state index contributed by atoms with van der Waals surface area (Å²) >= 11 is 0. The zero-order chi connectivity index (χ0) is 12.5. The number of hydrogen-bond acceptors (Lipinski definition) is 3. The van der Waals surface area contributed by atoms with Gasteiger partial charge in [-0.15, -0.1) is 0 Å². The third-order valence-corrected chi connectivity index (χ3v) is 3.81. The molecule has 0 heterocycles. The summed E-state index contributed by atoms with van der Waals surface area (Å²) in [6.45, 7) is 3.64. The molecule has 1 unspecified atom stereocenters. The Morgan fingerprint density at radius 3 is 2.59 bits per heavy atom. The molecule has 0 aromatic carbocycles. The molecule has 0 aliphatic heterocycles. The highest BCUT2D eigenvalue weighted by molar-refractivity contribution is 4.77. The molecule has 0 radical (unpaired) electrons. The van der Waals surface area contributed by atoms with E-state index in [9.17, 15) is 5.11 Å². The Kier molecular flexibility index (Phi) is 7.82. The lowest BCUT2D eigenvalue weighted by Gasteiger charge is -2.29. The molecule has 1 saturated carbocycles. The lowest BCUT2D eigenvalue weighted by atomic mass is 9.83. The second-order valence-electron chi connectivity index (χ2n) is 5.36. The molecule has 17 heavy (non-hydrogen) atoms. The molecule has 1 aliphatic carbocycles.